The van der Waals surface area contributed by atoms with Crippen molar-refractivity contribution in [2.45, 2.75) is 46.5 Å². The van der Waals surface area contributed by atoms with Crippen LogP contribution in [0.4, 0.5) is 0 Å². The van der Waals surface area contributed by atoms with E-state index in [1.807, 2.05) is 13.1 Å². The Morgan fingerprint density at radius 2 is 2.20 bits per heavy atom. The molecule has 2 nitrogen and oxygen atoms in total. The van der Waals surface area contributed by atoms with Crippen LogP contribution in [0.3, 0.4) is 0 Å². The highest BCUT2D eigenvalue weighted by Crippen LogP contribution is 2.61. The molecule has 0 aliphatic heterocycles. The second kappa shape index (κ2) is 6.45. The van der Waals surface area contributed by atoms with Crippen molar-refractivity contribution < 1.29 is 5.11 Å². The molecule has 0 saturated heterocycles. The average molecular weight is 273 g/mol. The first-order valence-corrected chi connectivity index (χ1v) is 7.63. The van der Waals surface area contributed by atoms with E-state index >= 15 is 0 Å². The molecule has 0 radical (unpaired) electrons. The Labute approximate surface area is 123 Å². The lowest BCUT2D eigenvalue weighted by molar-refractivity contribution is 0.279. The molecule has 2 aliphatic rings. The maximum atomic E-state index is 8.71. The molecule has 2 rings (SSSR count). The molecule has 1 saturated carbocycles. The van der Waals surface area contributed by atoms with Crippen molar-refractivity contribution in [3.8, 4) is 0 Å². The van der Waals surface area contributed by atoms with E-state index in [2.05, 4.69) is 43.5 Å². The standard InChI is InChI=1S/C18H27NO/c1-14-6-8-17(9-7-14)18(11-16(18)3)10-4-5-15(2)12-19-13-20/h4-6,8,12,16,19-20H,7,9-11,13H2,1-3H3/b5-4-,15-12-. The van der Waals surface area contributed by atoms with Crippen LogP contribution in [0.2, 0.25) is 0 Å². The molecule has 2 aliphatic carbocycles. The number of hydrogen-bond donors (Lipinski definition) is 2. The number of aliphatic hydroxyl groups excluding tert-OH is 1. The third-order valence-corrected chi connectivity index (χ3v) is 4.73. The van der Waals surface area contributed by atoms with Gasteiger partial charge in [-0.2, -0.15) is 0 Å². The summed E-state index contributed by atoms with van der Waals surface area (Å²) in [5.41, 5.74) is 4.73. The molecule has 110 valence electrons. The molecule has 2 heteroatoms. The van der Waals surface area contributed by atoms with Crippen molar-refractivity contribution in [2.75, 3.05) is 6.73 Å². The fourth-order valence-corrected chi connectivity index (χ4v) is 3.22. The van der Waals surface area contributed by atoms with Crippen LogP contribution >= 0.6 is 0 Å². The van der Waals surface area contributed by atoms with Crippen LogP contribution in [-0.4, -0.2) is 11.8 Å². The van der Waals surface area contributed by atoms with E-state index in [4.69, 9.17) is 5.11 Å². The van der Waals surface area contributed by atoms with E-state index in [9.17, 15) is 0 Å². The predicted octanol–water partition coefficient (Wildman–Crippen LogP) is 4.07. The van der Waals surface area contributed by atoms with Gasteiger partial charge in [0.05, 0.1) is 0 Å². The lowest BCUT2D eigenvalue weighted by Gasteiger charge is -2.22. The quantitative estimate of drug-likeness (QED) is 0.565. The number of rotatable bonds is 6. The zero-order valence-corrected chi connectivity index (χ0v) is 12.9. The predicted molar refractivity (Wildman–Crippen MR) is 85.0 cm³/mol. The van der Waals surface area contributed by atoms with Crippen molar-refractivity contribution >= 4 is 0 Å². The molecule has 2 atom stereocenters. The van der Waals surface area contributed by atoms with Crippen LogP contribution in [0.25, 0.3) is 0 Å². The summed E-state index contributed by atoms with van der Waals surface area (Å²) in [6, 6.07) is 0. The normalized spacial score (nSPS) is 30.2. The minimum Gasteiger partial charge on any atom is -0.377 e. The second-order valence-electron chi connectivity index (χ2n) is 6.32. The molecule has 0 aromatic carbocycles. The molecule has 2 N–H and O–H groups in total. The van der Waals surface area contributed by atoms with Crippen LogP contribution in [0.15, 0.2) is 47.2 Å². The fourth-order valence-electron chi connectivity index (χ4n) is 3.22. The fraction of sp³-hybridized carbons (Fsp3) is 0.556. The lowest BCUT2D eigenvalue weighted by atomic mass is 9.83. The first kappa shape index (κ1) is 15.1. The summed E-state index contributed by atoms with van der Waals surface area (Å²) in [6.07, 6.45) is 15.9. The highest BCUT2D eigenvalue weighted by atomic mass is 16.3. The summed E-state index contributed by atoms with van der Waals surface area (Å²) >= 11 is 0. The van der Waals surface area contributed by atoms with Gasteiger partial charge in [0.1, 0.15) is 6.73 Å². The zero-order chi connectivity index (χ0) is 14.6. The van der Waals surface area contributed by atoms with Crippen molar-refractivity contribution in [3.63, 3.8) is 0 Å². The van der Waals surface area contributed by atoms with E-state index < -0.39 is 0 Å². The number of allylic oxidation sites excluding steroid dienone is 7. The molecular formula is C18H27NO. The van der Waals surface area contributed by atoms with Gasteiger partial charge in [-0.1, -0.05) is 42.4 Å². The van der Waals surface area contributed by atoms with Gasteiger partial charge in [-0.3, -0.25) is 0 Å². The van der Waals surface area contributed by atoms with Gasteiger partial charge in [-0.05, 0) is 56.4 Å². The van der Waals surface area contributed by atoms with Crippen molar-refractivity contribution in [3.05, 3.63) is 47.2 Å². The lowest BCUT2D eigenvalue weighted by Crippen LogP contribution is -2.09. The third kappa shape index (κ3) is 3.43. The van der Waals surface area contributed by atoms with Gasteiger partial charge in [0.15, 0.2) is 0 Å². The monoisotopic (exact) mass is 273 g/mol. The van der Waals surface area contributed by atoms with Gasteiger partial charge < -0.3 is 10.4 Å². The maximum absolute atomic E-state index is 8.71. The molecule has 0 aromatic heterocycles. The van der Waals surface area contributed by atoms with Gasteiger partial charge in [0, 0.05) is 6.20 Å². The van der Waals surface area contributed by atoms with Gasteiger partial charge in [-0.25, -0.2) is 0 Å². The molecule has 2 unspecified atom stereocenters. The molecule has 0 spiro atoms. The van der Waals surface area contributed by atoms with Crippen LogP contribution in [0.1, 0.15) is 46.5 Å². The summed E-state index contributed by atoms with van der Waals surface area (Å²) in [5, 5.41) is 11.5. The Morgan fingerprint density at radius 1 is 1.45 bits per heavy atom. The summed E-state index contributed by atoms with van der Waals surface area (Å²) in [7, 11) is 0. The molecule has 20 heavy (non-hydrogen) atoms. The second-order valence-corrected chi connectivity index (χ2v) is 6.32. The minimum atomic E-state index is -0.00920. The summed E-state index contributed by atoms with van der Waals surface area (Å²) < 4.78 is 0. The van der Waals surface area contributed by atoms with Crippen LogP contribution < -0.4 is 5.32 Å². The molecule has 1 fully saturated rings. The van der Waals surface area contributed by atoms with E-state index in [1.54, 1.807) is 5.57 Å². The molecule has 0 heterocycles. The largest absolute Gasteiger partial charge is 0.377 e. The molecule has 0 aromatic rings. The Bertz CT molecular complexity index is 470. The Balaban J connectivity index is 1.98. The van der Waals surface area contributed by atoms with Crippen molar-refractivity contribution in [1.29, 1.82) is 0 Å². The summed E-state index contributed by atoms with van der Waals surface area (Å²) in [4.78, 5) is 0. The van der Waals surface area contributed by atoms with Gasteiger partial charge in [-0.15, -0.1) is 0 Å². The van der Waals surface area contributed by atoms with Crippen molar-refractivity contribution in [1.82, 2.24) is 5.32 Å². The minimum absolute atomic E-state index is 0.00920. The van der Waals surface area contributed by atoms with Crippen LogP contribution in [0.5, 0.6) is 0 Å². The summed E-state index contributed by atoms with van der Waals surface area (Å²) in [5.74, 6) is 0.810. The smallest absolute Gasteiger partial charge is 0.112 e. The number of hydrogen-bond acceptors (Lipinski definition) is 2. The number of aliphatic hydroxyl groups is 1. The van der Waals surface area contributed by atoms with Crippen LogP contribution in [0, 0.1) is 11.3 Å². The first-order chi connectivity index (χ1) is 9.58. The number of nitrogens with one attached hydrogen (secondary N) is 1. The van der Waals surface area contributed by atoms with Gasteiger partial charge in [0.25, 0.3) is 0 Å². The van der Waals surface area contributed by atoms with Gasteiger partial charge in [0.2, 0.25) is 0 Å². The highest BCUT2D eigenvalue weighted by molar-refractivity contribution is 5.34. The molecule has 0 bridgehead atoms. The maximum Gasteiger partial charge on any atom is 0.112 e. The van der Waals surface area contributed by atoms with Gasteiger partial charge >= 0.3 is 0 Å². The van der Waals surface area contributed by atoms with E-state index in [0.717, 1.165) is 17.9 Å². The van der Waals surface area contributed by atoms with Crippen molar-refractivity contribution in [2.24, 2.45) is 11.3 Å². The summed E-state index contributed by atoms with van der Waals surface area (Å²) in [6.45, 7) is 6.63. The van der Waals surface area contributed by atoms with Crippen LogP contribution in [-0.2, 0) is 0 Å². The highest BCUT2D eigenvalue weighted by Gasteiger charge is 2.52. The third-order valence-electron chi connectivity index (χ3n) is 4.73. The molecular weight excluding hydrogens is 246 g/mol. The van der Waals surface area contributed by atoms with E-state index in [0.29, 0.717) is 5.41 Å². The van der Waals surface area contributed by atoms with E-state index in [-0.39, 0.29) is 6.73 Å². The SMILES string of the molecule is CC1=CC=C(C2(C/C=C\C(C)=C/NCO)CC2C)CC1. The Hall–Kier alpha value is -1.28. The Kier molecular flexibility index (Phi) is 4.87. The van der Waals surface area contributed by atoms with E-state index in [1.165, 1.54) is 24.8 Å². The first-order valence-electron chi connectivity index (χ1n) is 7.63. The topological polar surface area (TPSA) is 32.3 Å². The molecule has 0 amide bonds. The average Bonchev–Trinajstić information content (AvgIpc) is 3.09. The Morgan fingerprint density at radius 3 is 2.75 bits per heavy atom. The zero-order valence-electron chi connectivity index (χ0n) is 12.9.